The van der Waals surface area contributed by atoms with Gasteiger partial charge >= 0.3 is 5.97 Å². The first kappa shape index (κ1) is 11.6. The van der Waals surface area contributed by atoms with E-state index in [-0.39, 0.29) is 0 Å². The van der Waals surface area contributed by atoms with Gasteiger partial charge in [-0.25, -0.2) is 4.79 Å². The molecule has 1 N–H and O–H groups in total. The van der Waals surface area contributed by atoms with E-state index in [1.165, 1.54) is 0 Å². The number of carboxylic acids is 1. The van der Waals surface area contributed by atoms with E-state index in [1.807, 2.05) is 0 Å². The van der Waals surface area contributed by atoms with Gasteiger partial charge in [0.2, 0.25) is 11.5 Å². The monoisotopic (exact) mass is 301 g/mol. The van der Waals surface area contributed by atoms with Crippen molar-refractivity contribution in [3.05, 3.63) is 0 Å². The molecule has 0 saturated carbocycles. The number of carbonyl (C=O) groups excluding carboxylic acids is 1. The molecule has 0 radical (unpaired) electrons. The second-order valence-corrected chi connectivity index (χ2v) is 4.65. The van der Waals surface area contributed by atoms with Crippen LogP contribution in [0.15, 0.2) is 5.16 Å². The first-order chi connectivity index (χ1) is 5.50. The Balaban J connectivity index is 4.65. The molecule has 0 aromatic rings. The Morgan fingerprint density at radius 3 is 2.25 bits per heavy atom. The van der Waals surface area contributed by atoms with Gasteiger partial charge in [0.05, 0.1) is 0 Å². The Morgan fingerprint density at radius 1 is 1.50 bits per heavy atom. The Labute approximate surface area is 85.0 Å². The van der Waals surface area contributed by atoms with Gasteiger partial charge in [-0.05, 0) is 0 Å². The minimum absolute atomic E-state index is 0.656. The van der Waals surface area contributed by atoms with Crippen LogP contribution in [0.2, 0.25) is 0 Å². The highest BCUT2D eigenvalue weighted by Crippen LogP contribution is 2.10. The van der Waals surface area contributed by atoms with Crippen molar-refractivity contribution in [2.75, 3.05) is 7.11 Å². The van der Waals surface area contributed by atoms with Gasteiger partial charge in [-0.2, -0.15) is 0 Å². The van der Waals surface area contributed by atoms with Crippen molar-refractivity contribution in [3.8, 4) is 0 Å². The van der Waals surface area contributed by atoms with Crippen molar-refractivity contribution in [3.63, 3.8) is 0 Å². The first-order valence-electron chi connectivity index (χ1n) is 2.67. The van der Waals surface area contributed by atoms with Crippen molar-refractivity contribution < 1.29 is 19.5 Å². The molecule has 7 heteroatoms. The van der Waals surface area contributed by atoms with Gasteiger partial charge in [-0.3, -0.25) is 4.79 Å². The molecule has 0 heterocycles. The molecule has 0 saturated heterocycles. The van der Waals surface area contributed by atoms with E-state index in [4.69, 9.17) is 5.11 Å². The lowest BCUT2D eigenvalue weighted by Crippen LogP contribution is -2.28. The lowest BCUT2D eigenvalue weighted by atomic mass is 10.3. The summed E-state index contributed by atoms with van der Waals surface area (Å²) in [6, 6.07) is 0. The number of oxime groups is 1. The van der Waals surface area contributed by atoms with Crippen LogP contribution in [0, 0.1) is 0 Å². The molecule has 0 aliphatic rings. The second-order valence-electron chi connectivity index (χ2n) is 1.59. The molecule has 12 heavy (non-hydrogen) atoms. The molecule has 5 nitrogen and oxygen atoms in total. The third kappa shape index (κ3) is 3.31. The van der Waals surface area contributed by atoms with Crippen LogP contribution in [-0.4, -0.2) is 33.4 Å². The zero-order valence-electron chi connectivity index (χ0n) is 5.95. The molecule has 0 fully saturated rings. The average Bonchev–Trinajstić information content (AvgIpc) is 1.98. The van der Waals surface area contributed by atoms with E-state index >= 15 is 0 Å². The van der Waals surface area contributed by atoms with E-state index in [0.29, 0.717) is 0 Å². The molecule has 0 amide bonds. The maximum Gasteiger partial charge on any atom is 0.361 e. The predicted octanol–water partition coefficient (Wildman–Crippen LogP) is 0.758. The largest absolute Gasteiger partial charge is 0.476 e. The van der Waals surface area contributed by atoms with Crippen molar-refractivity contribution in [1.82, 2.24) is 0 Å². The number of carboxylic acid groups (broad SMARTS) is 1. The highest BCUT2D eigenvalue weighted by atomic mass is 79.9. The van der Waals surface area contributed by atoms with E-state index in [2.05, 4.69) is 41.9 Å². The number of nitrogens with zero attached hydrogens (tertiary/aromatic N) is 1. The van der Waals surface area contributed by atoms with Crippen LogP contribution in [0.25, 0.3) is 0 Å². The molecule has 0 bridgehead atoms. The minimum atomic E-state index is -1.43. The number of aliphatic carboxylic acids is 1. The lowest BCUT2D eigenvalue weighted by molar-refractivity contribution is -0.130. The zero-order valence-corrected chi connectivity index (χ0v) is 9.12. The van der Waals surface area contributed by atoms with Gasteiger partial charge < -0.3 is 9.94 Å². The van der Waals surface area contributed by atoms with Gasteiger partial charge in [0.25, 0.3) is 0 Å². The topological polar surface area (TPSA) is 76.0 Å². The molecule has 0 atom stereocenters. The van der Waals surface area contributed by atoms with Gasteiger partial charge in [0.15, 0.2) is 0 Å². The van der Waals surface area contributed by atoms with E-state index in [1.54, 1.807) is 0 Å². The lowest BCUT2D eigenvalue weighted by Gasteiger charge is -1.99. The fourth-order valence-corrected chi connectivity index (χ4v) is 0.818. The molecule has 0 aliphatic carbocycles. The number of hydrogen-bond donors (Lipinski definition) is 1. The van der Waals surface area contributed by atoms with Crippen LogP contribution in [0.3, 0.4) is 0 Å². The number of rotatable bonds is 4. The standard InChI is InChI=1S/C5H5Br2NO4/c1-12-8-2(5(10)11)3(9)4(6)7/h4H,1H3,(H,10,11). The van der Waals surface area contributed by atoms with E-state index in [0.717, 1.165) is 7.11 Å². The minimum Gasteiger partial charge on any atom is -0.476 e. The number of carbonyl (C=O) groups is 2. The Morgan fingerprint density at radius 2 is 2.00 bits per heavy atom. The van der Waals surface area contributed by atoms with Crippen LogP contribution in [0.4, 0.5) is 0 Å². The van der Waals surface area contributed by atoms with Crippen molar-refractivity contribution >= 4 is 49.3 Å². The van der Waals surface area contributed by atoms with Crippen LogP contribution in [0.5, 0.6) is 0 Å². The highest BCUT2D eigenvalue weighted by Gasteiger charge is 2.25. The van der Waals surface area contributed by atoms with Crippen LogP contribution >= 0.6 is 31.9 Å². The Hall–Kier alpha value is -0.430. The molecule has 0 spiro atoms. The van der Waals surface area contributed by atoms with Gasteiger partial charge in [-0.1, -0.05) is 37.0 Å². The average molecular weight is 303 g/mol. The maximum absolute atomic E-state index is 11.0. The summed E-state index contributed by atoms with van der Waals surface area (Å²) >= 11 is 5.69. The third-order valence-corrected chi connectivity index (χ3v) is 1.65. The third-order valence-electron chi connectivity index (χ3n) is 0.817. The summed E-state index contributed by atoms with van der Waals surface area (Å²) in [5, 5.41) is 11.5. The first-order valence-corrected chi connectivity index (χ1v) is 4.50. The molecule has 0 unspecified atom stereocenters. The summed E-state index contributed by atoms with van der Waals surface area (Å²) < 4.78 is -0.769. The van der Waals surface area contributed by atoms with Crippen molar-refractivity contribution in [1.29, 1.82) is 0 Å². The van der Waals surface area contributed by atoms with Gasteiger partial charge in [-0.15, -0.1) is 0 Å². The quantitative estimate of drug-likeness (QED) is 0.360. The smallest absolute Gasteiger partial charge is 0.361 e. The molecule has 0 aliphatic heterocycles. The molecule has 0 rings (SSSR count). The fraction of sp³-hybridized carbons (Fsp3) is 0.400. The van der Waals surface area contributed by atoms with Crippen LogP contribution in [0.1, 0.15) is 0 Å². The SMILES string of the molecule is CON=C(C(=O)O)C(=O)C(Br)Br. The molecule has 68 valence electrons. The number of Topliss-reactive ketones (excluding diaryl/α,β-unsaturated/α-hetero) is 1. The summed E-state index contributed by atoms with van der Waals surface area (Å²) in [6.45, 7) is 0. The predicted molar refractivity (Wildman–Crippen MR) is 48.7 cm³/mol. The van der Waals surface area contributed by atoms with Gasteiger partial charge in [0.1, 0.15) is 10.8 Å². The normalized spacial score (nSPS) is 11.5. The number of ketones is 1. The van der Waals surface area contributed by atoms with Gasteiger partial charge in [0, 0.05) is 0 Å². The Bertz CT molecular complexity index is 225. The maximum atomic E-state index is 11.0. The molecular weight excluding hydrogens is 298 g/mol. The number of alkyl halides is 2. The zero-order chi connectivity index (χ0) is 9.72. The summed E-state index contributed by atoms with van der Waals surface area (Å²) in [6.07, 6.45) is 0. The Kier molecular flexibility index (Phi) is 5.07. The molecule has 0 aromatic heterocycles. The summed E-state index contributed by atoms with van der Waals surface area (Å²) in [5.41, 5.74) is -0.656. The van der Waals surface area contributed by atoms with Crippen LogP contribution in [-0.2, 0) is 14.4 Å². The number of hydrogen-bond acceptors (Lipinski definition) is 4. The summed E-state index contributed by atoms with van der Waals surface area (Å²) in [4.78, 5) is 25.5. The molecule has 0 aromatic carbocycles. The summed E-state index contributed by atoms with van der Waals surface area (Å²) in [5.74, 6) is -2.13. The highest BCUT2D eigenvalue weighted by molar-refractivity contribution is 9.25. The van der Waals surface area contributed by atoms with Crippen molar-refractivity contribution in [2.24, 2.45) is 5.16 Å². The second kappa shape index (κ2) is 5.26. The van der Waals surface area contributed by atoms with E-state index in [9.17, 15) is 9.59 Å². The molecular formula is C5H5Br2NO4. The summed E-state index contributed by atoms with van der Waals surface area (Å²) in [7, 11) is 1.16. The fourth-order valence-electron chi connectivity index (χ4n) is 0.384. The van der Waals surface area contributed by atoms with E-state index < -0.39 is 21.2 Å². The van der Waals surface area contributed by atoms with Crippen molar-refractivity contribution in [2.45, 2.75) is 3.74 Å². The van der Waals surface area contributed by atoms with Crippen LogP contribution < -0.4 is 0 Å². The number of halogens is 2.